The largest absolute Gasteiger partial charge is 0.494 e. The van der Waals surface area contributed by atoms with Gasteiger partial charge in [-0.25, -0.2) is 0 Å². The monoisotopic (exact) mass is 313 g/mol. The molecule has 0 aliphatic carbocycles. The standard InChI is InChI=1S/C12H15N3OS3/c1-3-16-10-5-4-9(13)6-8(10)7-18-12-15-14-11(17-2)19-12/h4-6H,3,7,13H2,1-2H3. The summed E-state index contributed by atoms with van der Waals surface area (Å²) in [7, 11) is 0. The number of anilines is 1. The Hall–Kier alpha value is -0.920. The van der Waals surface area contributed by atoms with E-state index in [0.717, 1.165) is 31.4 Å². The second kappa shape index (κ2) is 7.02. The molecule has 0 fully saturated rings. The topological polar surface area (TPSA) is 61.0 Å². The molecule has 102 valence electrons. The van der Waals surface area contributed by atoms with Crippen LogP contribution in [0.2, 0.25) is 0 Å². The van der Waals surface area contributed by atoms with E-state index in [4.69, 9.17) is 10.5 Å². The van der Waals surface area contributed by atoms with Gasteiger partial charge >= 0.3 is 0 Å². The number of benzene rings is 1. The van der Waals surface area contributed by atoms with Crippen LogP contribution in [-0.4, -0.2) is 23.1 Å². The zero-order valence-electron chi connectivity index (χ0n) is 10.8. The van der Waals surface area contributed by atoms with E-state index in [1.54, 1.807) is 34.9 Å². The van der Waals surface area contributed by atoms with E-state index >= 15 is 0 Å². The Morgan fingerprint density at radius 2 is 2.11 bits per heavy atom. The van der Waals surface area contributed by atoms with Crippen LogP contribution in [0, 0.1) is 0 Å². The number of hydrogen-bond acceptors (Lipinski definition) is 7. The molecule has 0 radical (unpaired) electrons. The van der Waals surface area contributed by atoms with E-state index in [-0.39, 0.29) is 0 Å². The molecule has 4 nitrogen and oxygen atoms in total. The minimum Gasteiger partial charge on any atom is -0.494 e. The first-order valence-electron chi connectivity index (χ1n) is 5.74. The van der Waals surface area contributed by atoms with E-state index in [1.165, 1.54) is 0 Å². The predicted octanol–water partition coefficient (Wildman–Crippen LogP) is 3.53. The molecule has 7 heteroatoms. The van der Waals surface area contributed by atoms with Gasteiger partial charge in [0.2, 0.25) is 0 Å². The molecule has 0 aliphatic rings. The molecule has 0 aliphatic heterocycles. The highest BCUT2D eigenvalue weighted by Crippen LogP contribution is 2.32. The highest BCUT2D eigenvalue weighted by Gasteiger charge is 2.08. The Kier molecular flexibility index (Phi) is 5.35. The number of rotatable bonds is 6. The third-order valence-electron chi connectivity index (χ3n) is 2.30. The first-order chi connectivity index (χ1) is 9.22. The molecule has 1 aromatic carbocycles. The lowest BCUT2D eigenvalue weighted by Crippen LogP contribution is -1.97. The predicted molar refractivity (Wildman–Crippen MR) is 83.3 cm³/mol. The van der Waals surface area contributed by atoms with Crippen LogP contribution >= 0.6 is 34.9 Å². The van der Waals surface area contributed by atoms with Crippen LogP contribution in [0.1, 0.15) is 12.5 Å². The maximum Gasteiger partial charge on any atom is 0.175 e. The number of ether oxygens (including phenoxy) is 1. The second-order valence-corrected chi connectivity index (χ2v) is 6.88. The molecule has 0 amide bonds. The van der Waals surface area contributed by atoms with Crippen molar-refractivity contribution in [1.82, 2.24) is 10.2 Å². The summed E-state index contributed by atoms with van der Waals surface area (Å²) in [5, 5.41) is 8.22. The summed E-state index contributed by atoms with van der Waals surface area (Å²) in [4.78, 5) is 0. The number of aromatic nitrogens is 2. The molecule has 0 atom stereocenters. The van der Waals surface area contributed by atoms with Crippen LogP contribution in [0.25, 0.3) is 0 Å². The SMILES string of the molecule is CCOc1ccc(N)cc1CSc1nnc(SC)s1. The van der Waals surface area contributed by atoms with Crippen molar-refractivity contribution in [1.29, 1.82) is 0 Å². The number of nitrogen functional groups attached to an aromatic ring is 1. The van der Waals surface area contributed by atoms with E-state index in [2.05, 4.69) is 10.2 Å². The van der Waals surface area contributed by atoms with Gasteiger partial charge in [0.1, 0.15) is 5.75 Å². The van der Waals surface area contributed by atoms with Gasteiger partial charge < -0.3 is 10.5 Å². The highest BCUT2D eigenvalue weighted by molar-refractivity contribution is 8.02. The number of hydrogen-bond donors (Lipinski definition) is 1. The Morgan fingerprint density at radius 3 is 2.79 bits per heavy atom. The van der Waals surface area contributed by atoms with Crippen LogP contribution in [-0.2, 0) is 5.75 Å². The minimum absolute atomic E-state index is 0.650. The van der Waals surface area contributed by atoms with Crippen LogP contribution < -0.4 is 10.5 Å². The quantitative estimate of drug-likeness (QED) is 0.650. The summed E-state index contributed by atoms with van der Waals surface area (Å²) in [6.45, 7) is 2.62. The average Bonchev–Trinajstić information content (AvgIpc) is 2.87. The van der Waals surface area contributed by atoms with Crippen LogP contribution in [0.5, 0.6) is 5.75 Å². The van der Waals surface area contributed by atoms with E-state index in [0.29, 0.717) is 6.61 Å². The fraction of sp³-hybridized carbons (Fsp3) is 0.333. The maximum absolute atomic E-state index is 5.82. The molecule has 0 bridgehead atoms. The zero-order chi connectivity index (χ0) is 13.7. The van der Waals surface area contributed by atoms with Crippen molar-refractivity contribution >= 4 is 40.5 Å². The Labute approximate surface area is 125 Å². The Morgan fingerprint density at radius 1 is 1.32 bits per heavy atom. The summed E-state index contributed by atoms with van der Waals surface area (Å²) in [5.41, 5.74) is 7.67. The summed E-state index contributed by atoms with van der Waals surface area (Å²) in [6.07, 6.45) is 2.00. The lowest BCUT2D eigenvalue weighted by molar-refractivity contribution is 0.337. The molecule has 2 rings (SSSR count). The molecule has 0 saturated heterocycles. The molecule has 2 aromatic rings. The van der Waals surface area contributed by atoms with Gasteiger partial charge in [0.05, 0.1) is 6.61 Å². The van der Waals surface area contributed by atoms with E-state index in [1.807, 2.05) is 31.4 Å². The molecule has 1 aromatic heterocycles. The second-order valence-electron chi connectivity index (χ2n) is 3.63. The maximum atomic E-state index is 5.82. The van der Waals surface area contributed by atoms with Gasteiger partial charge in [-0.2, -0.15) is 0 Å². The van der Waals surface area contributed by atoms with Gasteiger partial charge in [-0.1, -0.05) is 34.9 Å². The molecule has 0 spiro atoms. The minimum atomic E-state index is 0.650. The van der Waals surface area contributed by atoms with Gasteiger partial charge in [0.25, 0.3) is 0 Å². The molecular formula is C12H15N3OS3. The third-order valence-corrected chi connectivity index (χ3v) is 5.38. The fourth-order valence-electron chi connectivity index (χ4n) is 1.49. The van der Waals surface area contributed by atoms with Crippen LogP contribution in [0.4, 0.5) is 5.69 Å². The first-order valence-corrected chi connectivity index (χ1v) is 8.77. The highest BCUT2D eigenvalue weighted by atomic mass is 32.2. The molecule has 0 unspecified atom stereocenters. The summed E-state index contributed by atoms with van der Waals surface area (Å²) in [6, 6.07) is 5.73. The van der Waals surface area contributed by atoms with Crippen molar-refractivity contribution in [2.24, 2.45) is 0 Å². The van der Waals surface area contributed by atoms with Gasteiger partial charge in [-0.3, -0.25) is 0 Å². The van der Waals surface area contributed by atoms with Crippen molar-refractivity contribution in [3.05, 3.63) is 23.8 Å². The molecule has 2 N–H and O–H groups in total. The van der Waals surface area contributed by atoms with Gasteiger partial charge in [0.15, 0.2) is 8.68 Å². The summed E-state index contributed by atoms with van der Waals surface area (Å²) < 4.78 is 7.55. The first kappa shape index (κ1) is 14.5. The van der Waals surface area contributed by atoms with Crippen molar-refractivity contribution in [2.45, 2.75) is 21.4 Å². The lowest BCUT2D eigenvalue weighted by atomic mass is 10.2. The smallest absolute Gasteiger partial charge is 0.175 e. The number of thioether (sulfide) groups is 2. The normalized spacial score (nSPS) is 10.6. The van der Waals surface area contributed by atoms with Gasteiger partial charge in [-0.05, 0) is 31.4 Å². The lowest BCUT2D eigenvalue weighted by Gasteiger charge is -2.09. The number of nitrogens with two attached hydrogens (primary N) is 1. The van der Waals surface area contributed by atoms with Crippen molar-refractivity contribution in [2.75, 3.05) is 18.6 Å². The molecule has 19 heavy (non-hydrogen) atoms. The van der Waals surface area contributed by atoms with Crippen LogP contribution in [0.3, 0.4) is 0 Å². The van der Waals surface area contributed by atoms with Crippen molar-refractivity contribution in [3.63, 3.8) is 0 Å². The van der Waals surface area contributed by atoms with Gasteiger partial charge in [0, 0.05) is 17.0 Å². The third kappa shape index (κ3) is 4.02. The summed E-state index contributed by atoms with van der Waals surface area (Å²) >= 11 is 4.87. The summed E-state index contributed by atoms with van der Waals surface area (Å²) in [5.74, 6) is 1.67. The van der Waals surface area contributed by atoms with Gasteiger partial charge in [-0.15, -0.1) is 10.2 Å². The molecule has 0 saturated carbocycles. The Balaban J connectivity index is 2.07. The van der Waals surface area contributed by atoms with E-state index < -0.39 is 0 Å². The van der Waals surface area contributed by atoms with Crippen molar-refractivity contribution < 1.29 is 4.74 Å². The van der Waals surface area contributed by atoms with Crippen molar-refractivity contribution in [3.8, 4) is 5.75 Å². The van der Waals surface area contributed by atoms with Crippen LogP contribution in [0.15, 0.2) is 26.9 Å². The molecule has 1 heterocycles. The zero-order valence-corrected chi connectivity index (χ0v) is 13.2. The fourth-order valence-corrected chi connectivity index (χ4v) is 3.90. The average molecular weight is 313 g/mol. The van der Waals surface area contributed by atoms with E-state index in [9.17, 15) is 0 Å². The number of nitrogens with zero attached hydrogens (tertiary/aromatic N) is 2. The Bertz CT molecular complexity index is 545. The molecular weight excluding hydrogens is 298 g/mol.